The summed E-state index contributed by atoms with van der Waals surface area (Å²) in [6.45, 7) is 0.980. The lowest BCUT2D eigenvalue weighted by atomic mass is 10.1. The van der Waals surface area contributed by atoms with Crippen molar-refractivity contribution in [3.63, 3.8) is 0 Å². The molecule has 1 aliphatic rings. The van der Waals surface area contributed by atoms with Crippen LogP contribution in [0, 0.1) is 0 Å². The minimum Gasteiger partial charge on any atom is -0.457 e. The first-order chi connectivity index (χ1) is 8.06. The molecule has 5 heteroatoms. The number of ether oxygens (including phenoxy) is 1. The second-order valence-corrected chi connectivity index (χ2v) is 3.80. The molecule has 1 aliphatic heterocycles. The first-order valence-electron chi connectivity index (χ1n) is 5.15. The number of esters is 1. The van der Waals surface area contributed by atoms with Crippen LogP contribution in [0.1, 0.15) is 22.8 Å². The van der Waals surface area contributed by atoms with E-state index in [9.17, 15) is 14.4 Å². The summed E-state index contributed by atoms with van der Waals surface area (Å²) in [4.78, 5) is 33.4. The van der Waals surface area contributed by atoms with E-state index in [-0.39, 0.29) is 24.7 Å². The molecule has 1 aromatic rings. The molecule has 17 heavy (non-hydrogen) atoms. The van der Waals surface area contributed by atoms with Gasteiger partial charge in [-0.2, -0.15) is 0 Å². The number of hydrogen-bond acceptors (Lipinski definition) is 4. The first kappa shape index (κ1) is 11.3. The molecular formula is C12H11NO4. The molecule has 2 rings (SSSR count). The Balaban J connectivity index is 2.13. The Kier molecular flexibility index (Phi) is 2.91. The lowest BCUT2D eigenvalue weighted by Gasteiger charge is -2.03. The van der Waals surface area contributed by atoms with Gasteiger partial charge >= 0.3 is 5.97 Å². The third-order valence-corrected chi connectivity index (χ3v) is 2.46. The zero-order valence-corrected chi connectivity index (χ0v) is 9.28. The predicted octanol–water partition coefficient (Wildman–Crippen LogP) is 0.927. The van der Waals surface area contributed by atoms with E-state index in [1.165, 1.54) is 6.92 Å². The molecule has 0 saturated carbocycles. The highest BCUT2D eigenvalue weighted by molar-refractivity contribution is 6.02. The van der Waals surface area contributed by atoms with Crippen molar-refractivity contribution in [3.8, 4) is 0 Å². The molecule has 5 nitrogen and oxygen atoms in total. The van der Waals surface area contributed by atoms with Crippen LogP contribution in [0.4, 0.5) is 5.69 Å². The molecule has 0 atom stereocenters. The smallest absolute Gasteiger partial charge is 0.303 e. The van der Waals surface area contributed by atoms with Gasteiger partial charge in [0.15, 0.2) is 12.4 Å². The molecule has 88 valence electrons. The van der Waals surface area contributed by atoms with E-state index >= 15 is 0 Å². The maximum Gasteiger partial charge on any atom is 0.303 e. The predicted molar refractivity (Wildman–Crippen MR) is 59.7 cm³/mol. The second kappa shape index (κ2) is 4.37. The first-order valence-corrected chi connectivity index (χ1v) is 5.15. The van der Waals surface area contributed by atoms with Crippen LogP contribution in [0.5, 0.6) is 0 Å². The van der Waals surface area contributed by atoms with Crippen molar-refractivity contribution in [2.24, 2.45) is 0 Å². The maximum atomic E-state index is 11.6. The van der Waals surface area contributed by atoms with Crippen molar-refractivity contribution in [1.82, 2.24) is 0 Å². The average Bonchev–Trinajstić information content (AvgIpc) is 2.64. The normalized spacial score (nSPS) is 12.9. The SMILES string of the molecule is CC(=O)OCC(=O)c1ccc2c(c1)CC(=O)N2. The van der Waals surface area contributed by atoms with Gasteiger partial charge in [0.1, 0.15) is 0 Å². The zero-order valence-electron chi connectivity index (χ0n) is 9.28. The molecule has 1 aromatic carbocycles. The van der Waals surface area contributed by atoms with Crippen LogP contribution >= 0.6 is 0 Å². The number of amides is 1. The van der Waals surface area contributed by atoms with Gasteiger partial charge in [0, 0.05) is 18.2 Å². The fourth-order valence-electron chi connectivity index (χ4n) is 1.65. The van der Waals surface area contributed by atoms with Gasteiger partial charge in [-0.1, -0.05) is 0 Å². The largest absolute Gasteiger partial charge is 0.457 e. The summed E-state index contributed by atoms with van der Waals surface area (Å²) in [5.74, 6) is -0.844. The van der Waals surface area contributed by atoms with Gasteiger partial charge in [0.25, 0.3) is 0 Å². The number of rotatable bonds is 3. The van der Waals surface area contributed by atoms with Gasteiger partial charge in [-0.25, -0.2) is 0 Å². The van der Waals surface area contributed by atoms with E-state index in [0.29, 0.717) is 5.56 Å². The topological polar surface area (TPSA) is 72.5 Å². The van der Waals surface area contributed by atoms with Gasteiger partial charge in [0.05, 0.1) is 6.42 Å². The highest BCUT2D eigenvalue weighted by atomic mass is 16.5. The standard InChI is InChI=1S/C12H11NO4/c1-7(14)17-6-11(15)8-2-3-10-9(4-8)5-12(16)13-10/h2-4H,5-6H2,1H3,(H,13,16). The van der Waals surface area contributed by atoms with Crippen molar-refractivity contribution in [1.29, 1.82) is 0 Å². The van der Waals surface area contributed by atoms with E-state index in [4.69, 9.17) is 0 Å². The summed E-state index contributed by atoms with van der Waals surface area (Å²) in [6, 6.07) is 4.94. The molecule has 1 heterocycles. The number of benzene rings is 1. The van der Waals surface area contributed by atoms with E-state index in [1.807, 2.05) is 0 Å². The minimum atomic E-state index is -0.489. The van der Waals surface area contributed by atoms with Crippen molar-refractivity contribution in [3.05, 3.63) is 29.3 Å². The van der Waals surface area contributed by atoms with E-state index in [2.05, 4.69) is 10.1 Å². The van der Waals surface area contributed by atoms with Crippen LogP contribution in [-0.2, 0) is 20.7 Å². The third-order valence-electron chi connectivity index (χ3n) is 2.46. The van der Waals surface area contributed by atoms with Crippen LogP contribution in [0.15, 0.2) is 18.2 Å². The molecule has 0 aromatic heterocycles. The van der Waals surface area contributed by atoms with Crippen molar-refractivity contribution in [2.45, 2.75) is 13.3 Å². The number of ketones is 1. The number of carbonyl (C=O) groups excluding carboxylic acids is 3. The third kappa shape index (κ3) is 2.50. The highest BCUT2D eigenvalue weighted by Gasteiger charge is 2.19. The summed E-state index contributed by atoms with van der Waals surface area (Å²) < 4.78 is 4.63. The highest BCUT2D eigenvalue weighted by Crippen LogP contribution is 2.23. The number of hydrogen-bond donors (Lipinski definition) is 1. The Morgan fingerprint density at radius 1 is 1.41 bits per heavy atom. The summed E-state index contributed by atoms with van der Waals surface area (Å²) in [7, 11) is 0. The van der Waals surface area contributed by atoms with Gasteiger partial charge in [-0.05, 0) is 23.8 Å². The molecule has 0 bridgehead atoms. The summed E-state index contributed by atoms with van der Waals surface area (Å²) in [6.07, 6.45) is 0.282. The molecule has 0 aliphatic carbocycles. The van der Waals surface area contributed by atoms with Gasteiger partial charge in [0.2, 0.25) is 5.91 Å². The summed E-state index contributed by atoms with van der Waals surface area (Å²) >= 11 is 0. The van der Waals surface area contributed by atoms with Crippen LogP contribution in [0.3, 0.4) is 0 Å². The number of anilines is 1. The number of fused-ring (bicyclic) bond motifs is 1. The van der Waals surface area contributed by atoms with E-state index < -0.39 is 5.97 Å². The molecule has 1 N–H and O–H groups in total. The molecule has 1 amide bonds. The lowest BCUT2D eigenvalue weighted by Crippen LogP contribution is -2.11. The Hall–Kier alpha value is -2.17. The molecule has 0 radical (unpaired) electrons. The van der Waals surface area contributed by atoms with Crippen molar-refractivity contribution in [2.75, 3.05) is 11.9 Å². The zero-order chi connectivity index (χ0) is 12.4. The fourth-order valence-corrected chi connectivity index (χ4v) is 1.65. The molecule has 0 saturated heterocycles. The average molecular weight is 233 g/mol. The van der Waals surface area contributed by atoms with Crippen LogP contribution < -0.4 is 5.32 Å². The molecule has 0 fully saturated rings. The monoisotopic (exact) mass is 233 g/mol. The quantitative estimate of drug-likeness (QED) is 0.622. The summed E-state index contributed by atoms with van der Waals surface area (Å²) in [5, 5.41) is 2.68. The van der Waals surface area contributed by atoms with Gasteiger partial charge < -0.3 is 10.1 Å². The Labute approximate surface area is 97.8 Å². The Morgan fingerprint density at radius 3 is 2.88 bits per heavy atom. The van der Waals surface area contributed by atoms with Crippen LogP contribution in [0.2, 0.25) is 0 Å². The summed E-state index contributed by atoms with van der Waals surface area (Å²) in [5.41, 5.74) is 1.98. The fraction of sp³-hybridized carbons (Fsp3) is 0.250. The van der Waals surface area contributed by atoms with Crippen molar-refractivity contribution >= 4 is 23.3 Å². The Morgan fingerprint density at radius 2 is 2.18 bits per heavy atom. The molecule has 0 spiro atoms. The maximum absolute atomic E-state index is 11.6. The van der Waals surface area contributed by atoms with Gasteiger partial charge in [-0.15, -0.1) is 0 Å². The Bertz CT molecular complexity index is 507. The van der Waals surface area contributed by atoms with Crippen molar-refractivity contribution < 1.29 is 19.1 Å². The molecule has 0 unspecified atom stereocenters. The van der Waals surface area contributed by atoms with E-state index in [1.54, 1.807) is 18.2 Å². The number of carbonyl (C=O) groups is 3. The minimum absolute atomic E-state index is 0.0791. The van der Waals surface area contributed by atoms with Gasteiger partial charge in [-0.3, -0.25) is 14.4 Å². The number of nitrogens with one attached hydrogen (secondary N) is 1. The second-order valence-electron chi connectivity index (χ2n) is 3.80. The van der Waals surface area contributed by atoms with Crippen LogP contribution in [-0.4, -0.2) is 24.3 Å². The van der Waals surface area contributed by atoms with E-state index in [0.717, 1.165) is 11.3 Å². The van der Waals surface area contributed by atoms with Crippen LogP contribution in [0.25, 0.3) is 0 Å². The number of Topliss-reactive ketones (excluding diaryl/α,β-unsaturated/α-hetero) is 1. The lowest BCUT2D eigenvalue weighted by molar-refractivity contribution is -0.139. The molecular weight excluding hydrogens is 222 g/mol.